The molecule has 3 rings (SSSR count). The Morgan fingerprint density at radius 2 is 1.55 bits per heavy atom. The number of aromatic nitrogens is 3. The summed E-state index contributed by atoms with van der Waals surface area (Å²) in [6, 6.07) is 12.8. The maximum absolute atomic E-state index is 11.5. The fraction of sp³-hybridized carbons (Fsp3) is 0.250. The lowest BCUT2D eigenvalue weighted by Gasteiger charge is -2.14. The fourth-order valence-electron chi connectivity index (χ4n) is 2.78. The van der Waals surface area contributed by atoms with Gasteiger partial charge in [0, 0.05) is 23.1 Å². The molecule has 3 aromatic rings. The van der Waals surface area contributed by atoms with Crippen molar-refractivity contribution in [2.24, 2.45) is 0 Å². The van der Waals surface area contributed by atoms with E-state index in [9.17, 15) is 4.79 Å². The van der Waals surface area contributed by atoms with Crippen LogP contribution in [0.1, 0.15) is 26.7 Å². The quantitative estimate of drug-likeness (QED) is 0.330. The monoisotopic (exact) mass is 448 g/mol. The molecule has 33 heavy (non-hydrogen) atoms. The van der Waals surface area contributed by atoms with E-state index in [4.69, 9.17) is 9.47 Å². The van der Waals surface area contributed by atoms with Gasteiger partial charge in [0.15, 0.2) is 11.5 Å². The zero-order valence-corrected chi connectivity index (χ0v) is 18.8. The highest BCUT2D eigenvalue weighted by atomic mass is 16.5. The summed E-state index contributed by atoms with van der Waals surface area (Å²) >= 11 is 0. The van der Waals surface area contributed by atoms with Crippen LogP contribution in [0.15, 0.2) is 61.4 Å². The molecule has 0 unspecified atom stereocenters. The van der Waals surface area contributed by atoms with Crippen LogP contribution < -0.4 is 25.4 Å². The summed E-state index contributed by atoms with van der Waals surface area (Å²) in [5, 5.41) is 8.99. The molecule has 0 radical (unpaired) electrons. The Balaban J connectivity index is 1.73. The van der Waals surface area contributed by atoms with Crippen LogP contribution in [0.5, 0.6) is 11.5 Å². The van der Waals surface area contributed by atoms with Crippen LogP contribution in [0.4, 0.5) is 29.0 Å². The van der Waals surface area contributed by atoms with E-state index in [2.05, 4.69) is 51.3 Å². The number of nitrogens with one attached hydrogen (secondary N) is 3. The molecule has 3 N–H and O–H groups in total. The van der Waals surface area contributed by atoms with Crippen LogP contribution >= 0.6 is 0 Å². The predicted octanol–water partition coefficient (Wildman–Crippen LogP) is 5.06. The van der Waals surface area contributed by atoms with E-state index < -0.39 is 0 Å². The van der Waals surface area contributed by atoms with Gasteiger partial charge in [0.1, 0.15) is 6.33 Å². The molecule has 0 fully saturated rings. The average molecular weight is 449 g/mol. The van der Waals surface area contributed by atoms with Gasteiger partial charge in [0.25, 0.3) is 0 Å². The number of hydrogen-bond acceptors (Lipinski definition) is 8. The van der Waals surface area contributed by atoms with E-state index in [0.717, 1.165) is 18.5 Å². The number of carbonyl (C=O) groups is 1. The van der Waals surface area contributed by atoms with E-state index in [1.165, 1.54) is 12.4 Å². The number of nitrogens with zero attached hydrogens (tertiary/aromatic N) is 3. The van der Waals surface area contributed by atoms with Crippen molar-refractivity contribution in [1.29, 1.82) is 0 Å². The lowest BCUT2D eigenvalue weighted by Crippen LogP contribution is -2.07. The van der Waals surface area contributed by atoms with Crippen LogP contribution in [-0.4, -0.2) is 34.1 Å². The summed E-state index contributed by atoms with van der Waals surface area (Å²) in [5.41, 5.74) is 2.10. The summed E-state index contributed by atoms with van der Waals surface area (Å²) in [6.07, 6.45) is 4.43. The number of carbonyl (C=O) groups excluding carboxylic acids is 1. The molecule has 1 amide bonds. The molecule has 0 spiro atoms. The highest BCUT2D eigenvalue weighted by molar-refractivity contribution is 5.99. The Morgan fingerprint density at radius 3 is 2.21 bits per heavy atom. The second kappa shape index (κ2) is 12.0. The molecule has 2 aromatic carbocycles. The van der Waals surface area contributed by atoms with Gasteiger partial charge in [-0.2, -0.15) is 4.98 Å². The van der Waals surface area contributed by atoms with Crippen molar-refractivity contribution in [3.63, 3.8) is 0 Å². The second-order valence-electron chi connectivity index (χ2n) is 7.02. The number of hydrogen-bond donors (Lipinski definition) is 3. The van der Waals surface area contributed by atoms with Gasteiger partial charge in [0.2, 0.25) is 17.8 Å². The van der Waals surface area contributed by atoms with Gasteiger partial charge in [-0.25, -0.2) is 9.97 Å². The first-order chi connectivity index (χ1) is 16.1. The first-order valence-electron chi connectivity index (χ1n) is 10.8. The third-order valence-electron chi connectivity index (χ3n) is 4.27. The topological polar surface area (TPSA) is 110 Å². The van der Waals surface area contributed by atoms with Gasteiger partial charge in [-0.3, -0.25) is 4.79 Å². The fourth-order valence-corrected chi connectivity index (χ4v) is 2.78. The van der Waals surface area contributed by atoms with E-state index in [1.807, 2.05) is 24.3 Å². The molecule has 0 saturated heterocycles. The summed E-state index contributed by atoms with van der Waals surface area (Å²) in [4.78, 5) is 24.3. The lowest BCUT2D eigenvalue weighted by atomic mass is 10.2. The van der Waals surface area contributed by atoms with Crippen LogP contribution in [0, 0.1) is 0 Å². The van der Waals surface area contributed by atoms with Crippen molar-refractivity contribution in [2.75, 3.05) is 29.2 Å². The SMILES string of the molecule is C=CC(=O)Nc1cccc(Nc2ncnc(Nc3ccc(OCCC)c(OCCC)c3)n2)c1. The average Bonchev–Trinajstić information content (AvgIpc) is 2.82. The second-order valence-corrected chi connectivity index (χ2v) is 7.02. The Morgan fingerprint density at radius 1 is 0.909 bits per heavy atom. The maximum Gasteiger partial charge on any atom is 0.247 e. The maximum atomic E-state index is 11.5. The number of ether oxygens (including phenoxy) is 2. The van der Waals surface area contributed by atoms with Crippen molar-refractivity contribution >= 4 is 34.9 Å². The Bertz CT molecular complexity index is 1090. The van der Waals surface area contributed by atoms with Crippen LogP contribution in [0.25, 0.3) is 0 Å². The van der Waals surface area contributed by atoms with Gasteiger partial charge in [-0.15, -0.1) is 0 Å². The molecule has 0 aliphatic heterocycles. The number of anilines is 5. The van der Waals surface area contributed by atoms with E-state index in [1.54, 1.807) is 18.2 Å². The van der Waals surface area contributed by atoms with Crippen LogP contribution in [0.2, 0.25) is 0 Å². The smallest absolute Gasteiger partial charge is 0.247 e. The van der Waals surface area contributed by atoms with Crippen molar-refractivity contribution in [2.45, 2.75) is 26.7 Å². The molecular formula is C24H28N6O3. The number of amides is 1. The highest BCUT2D eigenvalue weighted by Crippen LogP contribution is 2.32. The molecule has 1 aromatic heterocycles. The molecule has 0 aliphatic carbocycles. The molecule has 0 bridgehead atoms. The minimum Gasteiger partial charge on any atom is -0.490 e. The van der Waals surface area contributed by atoms with Crippen molar-refractivity contribution in [1.82, 2.24) is 15.0 Å². The normalized spacial score (nSPS) is 10.2. The van der Waals surface area contributed by atoms with E-state index in [0.29, 0.717) is 48.0 Å². The van der Waals surface area contributed by atoms with Crippen LogP contribution in [-0.2, 0) is 4.79 Å². The zero-order valence-electron chi connectivity index (χ0n) is 18.8. The van der Waals surface area contributed by atoms with Gasteiger partial charge < -0.3 is 25.4 Å². The molecule has 0 saturated carbocycles. The summed E-state index contributed by atoms with van der Waals surface area (Å²) in [6.45, 7) is 8.78. The number of benzene rings is 2. The largest absolute Gasteiger partial charge is 0.490 e. The first kappa shape index (κ1) is 23.5. The minimum absolute atomic E-state index is 0.285. The van der Waals surface area contributed by atoms with Crippen LogP contribution in [0.3, 0.4) is 0 Å². The van der Waals surface area contributed by atoms with Gasteiger partial charge >= 0.3 is 0 Å². The molecule has 172 valence electrons. The van der Waals surface area contributed by atoms with Crippen molar-refractivity contribution in [3.8, 4) is 11.5 Å². The molecular weight excluding hydrogens is 420 g/mol. The Kier molecular flexibility index (Phi) is 8.58. The summed E-state index contributed by atoms with van der Waals surface area (Å²) in [5.74, 6) is 1.81. The van der Waals surface area contributed by atoms with Gasteiger partial charge in [-0.05, 0) is 49.2 Å². The molecule has 0 aliphatic rings. The molecule has 9 nitrogen and oxygen atoms in total. The van der Waals surface area contributed by atoms with Gasteiger partial charge in [-0.1, -0.05) is 26.5 Å². The van der Waals surface area contributed by atoms with Crippen molar-refractivity contribution in [3.05, 3.63) is 61.4 Å². The standard InChI is InChI=1S/C24H28N6O3/c1-4-12-32-20-11-10-19(15-21(20)33-13-5-2)29-24-26-16-25-23(30-24)28-18-9-7-8-17(14-18)27-22(31)6-3/h6-11,14-16H,3-5,12-13H2,1-2H3,(H,27,31)(H2,25,26,28,29,30). The zero-order chi connectivity index (χ0) is 23.5. The summed E-state index contributed by atoms with van der Waals surface area (Å²) < 4.78 is 11.6. The highest BCUT2D eigenvalue weighted by Gasteiger charge is 2.09. The predicted molar refractivity (Wildman–Crippen MR) is 130 cm³/mol. The summed E-state index contributed by atoms with van der Waals surface area (Å²) in [7, 11) is 0. The molecule has 1 heterocycles. The number of rotatable bonds is 12. The molecule has 0 atom stereocenters. The third kappa shape index (κ3) is 7.20. The Hall–Kier alpha value is -4.14. The first-order valence-corrected chi connectivity index (χ1v) is 10.8. The lowest BCUT2D eigenvalue weighted by molar-refractivity contribution is -0.111. The third-order valence-corrected chi connectivity index (χ3v) is 4.27. The van der Waals surface area contributed by atoms with Gasteiger partial charge in [0.05, 0.1) is 13.2 Å². The minimum atomic E-state index is -0.285. The van der Waals surface area contributed by atoms with Crippen molar-refractivity contribution < 1.29 is 14.3 Å². The van der Waals surface area contributed by atoms with E-state index >= 15 is 0 Å². The Labute approximate surface area is 193 Å². The van der Waals surface area contributed by atoms with E-state index in [-0.39, 0.29) is 5.91 Å². The molecule has 9 heteroatoms.